The van der Waals surface area contributed by atoms with Gasteiger partial charge in [0.15, 0.2) is 0 Å². The van der Waals surface area contributed by atoms with Gasteiger partial charge in [0.2, 0.25) is 0 Å². The fourth-order valence-corrected chi connectivity index (χ4v) is 2.01. The van der Waals surface area contributed by atoms with Gasteiger partial charge in [-0.15, -0.1) is 0 Å². The molecule has 3 N–H and O–H groups in total. The number of nitrogens with one attached hydrogen (secondary N) is 1. The summed E-state index contributed by atoms with van der Waals surface area (Å²) in [4.78, 5) is 11.1. The molecule has 3 rings (SSSR count). The van der Waals surface area contributed by atoms with Gasteiger partial charge in [-0.25, -0.2) is 9.48 Å². The van der Waals surface area contributed by atoms with Gasteiger partial charge in [0.25, 0.3) is 0 Å². The quantitative estimate of drug-likeness (QED) is 0.837. The van der Waals surface area contributed by atoms with Gasteiger partial charge >= 0.3 is 6.03 Å². The molecule has 2 aromatic rings. The average Bonchev–Trinajstić information content (AvgIpc) is 2.93. The maximum atomic E-state index is 11.1. The summed E-state index contributed by atoms with van der Waals surface area (Å²) in [5, 5.41) is 7.05. The second-order valence-electron chi connectivity index (χ2n) is 4.00. The summed E-state index contributed by atoms with van der Waals surface area (Å²) in [5.41, 5.74) is 7.79. The number of nitrogens with zero attached hydrogens (tertiary/aromatic N) is 2. The Morgan fingerprint density at radius 1 is 1.33 bits per heavy atom. The maximum absolute atomic E-state index is 11.1. The van der Waals surface area contributed by atoms with Crippen LogP contribution in [0.15, 0.2) is 30.3 Å². The molecular weight excluding hydrogens is 232 g/mol. The van der Waals surface area contributed by atoms with Crippen LogP contribution in [0.25, 0.3) is 5.69 Å². The Hall–Kier alpha value is -2.34. The number of ether oxygens (including phenoxy) is 1. The van der Waals surface area contributed by atoms with Gasteiger partial charge in [-0.1, -0.05) is 18.2 Å². The van der Waals surface area contributed by atoms with Crippen LogP contribution < -0.4 is 11.1 Å². The number of nitrogens with two attached hydrogens (primary N) is 1. The van der Waals surface area contributed by atoms with Gasteiger partial charge in [-0.2, -0.15) is 5.10 Å². The van der Waals surface area contributed by atoms with Crippen LogP contribution in [0.1, 0.15) is 11.3 Å². The van der Waals surface area contributed by atoms with E-state index in [1.54, 1.807) is 4.68 Å². The van der Waals surface area contributed by atoms with Crippen molar-refractivity contribution < 1.29 is 9.53 Å². The highest BCUT2D eigenvalue weighted by molar-refractivity contribution is 5.88. The predicted molar refractivity (Wildman–Crippen MR) is 65.3 cm³/mol. The van der Waals surface area contributed by atoms with E-state index in [0.29, 0.717) is 19.0 Å². The number of aromatic nitrogens is 2. The van der Waals surface area contributed by atoms with E-state index >= 15 is 0 Å². The van der Waals surface area contributed by atoms with E-state index < -0.39 is 6.03 Å². The van der Waals surface area contributed by atoms with E-state index in [-0.39, 0.29) is 0 Å². The molecule has 1 aromatic heterocycles. The number of amides is 2. The molecule has 0 bridgehead atoms. The van der Waals surface area contributed by atoms with Crippen LogP contribution in [0.4, 0.5) is 10.6 Å². The molecule has 0 fully saturated rings. The highest BCUT2D eigenvalue weighted by atomic mass is 16.5. The molecule has 0 saturated carbocycles. The number of carbonyl (C=O) groups excluding carboxylic acids is 1. The number of fused-ring (bicyclic) bond motifs is 1. The fraction of sp³-hybridized carbons (Fsp3) is 0.167. The minimum Gasteiger partial charge on any atom is -0.370 e. The number of urea groups is 1. The Balaban J connectivity index is 2.12. The third kappa shape index (κ3) is 1.72. The van der Waals surface area contributed by atoms with E-state index in [4.69, 9.17) is 10.5 Å². The number of hydrogen-bond acceptors (Lipinski definition) is 3. The van der Waals surface area contributed by atoms with Gasteiger partial charge in [-0.3, -0.25) is 5.32 Å². The first-order valence-corrected chi connectivity index (χ1v) is 5.56. The van der Waals surface area contributed by atoms with Gasteiger partial charge in [-0.05, 0) is 12.1 Å². The Labute approximate surface area is 103 Å². The van der Waals surface area contributed by atoms with E-state index in [2.05, 4.69) is 10.4 Å². The lowest BCUT2D eigenvalue weighted by Gasteiger charge is -2.09. The van der Waals surface area contributed by atoms with Crippen LogP contribution in [0.5, 0.6) is 0 Å². The molecular formula is C12H12N4O2. The van der Waals surface area contributed by atoms with Crippen molar-refractivity contribution in [3.8, 4) is 5.69 Å². The third-order valence-corrected chi connectivity index (χ3v) is 2.79. The van der Waals surface area contributed by atoms with Gasteiger partial charge < -0.3 is 10.5 Å². The molecule has 6 nitrogen and oxygen atoms in total. The SMILES string of the molecule is NC(=O)Nc1c2c(nn1-c1ccccc1)COC2. The number of hydrogen-bond donors (Lipinski definition) is 2. The van der Waals surface area contributed by atoms with Crippen molar-refractivity contribution in [2.45, 2.75) is 13.2 Å². The molecule has 1 aliphatic heterocycles. The van der Waals surface area contributed by atoms with Crippen molar-refractivity contribution in [3.05, 3.63) is 41.6 Å². The van der Waals surface area contributed by atoms with Crippen molar-refractivity contribution in [2.24, 2.45) is 5.73 Å². The molecule has 2 amide bonds. The Bertz CT molecular complexity index is 592. The topological polar surface area (TPSA) is 82.2 Å². The van der Waals surface area contributed by atoms with Crippen LogP contribution in [-0.2, 0) is 18.0 Å². The van der Waals surface area contributed by atoms with Gasteiger partial charge in [0, 0.05) is 5.56 Å². The van der Waals surface area contributed by atoms with E-state index in [9.17, 15) is 4.79 Å². The molecule has 92 valence electrons. The zero-order valence-corrected chi connectivity index (χ0v) is 9.59. The second kappa shape index (κ2) is 4.15. The number of rotatable bonds is 2. The lowest BCUT2D eigenvalue weighted by Crippen LogP contribution is -2.22. The fourth-order valence-electron chi connectivity index (χ4n) is 2.01. The summed E-state index contributed by atoms with van der Waals surface area (Å²) >= 11 is 0. The van der Waals surface area contributed by atoms with Crippen LogP contribution in [0.2, 0.25) is 0 Å². The van der Waals surface area contributed by atoms with Crippen molar-refractivity contribution in [1.29, 1.82) is 0 Å². The van der Waals surface area contributed by atoms with Crippen molar-refractivity contribution >= 4 is 11.8 Å². The number of carbonyl (C=O) groups is 1. The molecule has 6 heteroatoms. The third-order valence-electron chi connectivity index (χ3n) is 2.79. The minimum absolute atomic E-state index is 0.442. The Kier molecular flexibility index (Phi) is 2.49. The minimum atomic E-state index is -0.609. The van der Waals surface area contributed by atoms with Crippen LogP contribution in [0, 0.1) is 0 Å². The number of para-hydroxylation sites is 1. The van der Waals surface area contributed by atoms with E-state index in [1.165, 1.54) is 0 Å². The zero-order valence-electron chi connectivity index (χ0n) is 9.59. The molecule has 1 aliphatic rings. The molecule has 0 saturated heterocycles. The number of primary amides is 1. The molecule has 0 radical (unpaired) electrons. The Morgan fingerprint density at radius 2 is 2.11 bits per heavy atom. The zero-order chi connectivity index (χ0) is 12.5. The maximum Gasteiger partial charge on any atom is 0.317 e. The molecule has 0 spiro atoms. The predicted octanol–water partition coefficient (Wildman–Crippen LogP) is 1.39. The molecule has 18 heavy (non-hydrogen) atoms. The monoisotopic (exact) mass is 244 g/mol. The first-order chi connectivity index (χ1) is 8.75. The summed E-state index contributed by atoms with van der Waals surface area (Å²) in [7, 11) is 0. The van der Waals surface area contributed by atoms with Gasteiger partial charge in [0.05, 0.1) is 24.6 Å². The summed E-state index contributed by atoms with van der Waals surface area (Å²) in [6.07, 6.45) is 0. The van der Waals surface area contributed by atoms with Crippen molar-refractivity contribution in [1.82, 2.24) is 9.78 Å². The normalized spacial score (nSPS) is 13.3. The number of benzene rings is 1. The van der Waals surface area contributed by atoms with E-state index in [1.807, 2.05) is 30.3 Å². The molecule has 1 aromatic carbocycles. The number of anilines is 1. The first kappa shape index (κ1) is 10.8. The standard InChI is InChI=1S/C12H12N4O2/c13-12(17)14-11-9-6-18-7-10(9)15-16(11)8-4-2-1-3-5-8/h1-5H,6-7H2,(H3,13,14,17). The first-order valence-electron chi connectivity index (χ1n) is 5.56. The van der Waals surface area contributed by atoms with Crippen molar-refractivity contribution in [3.63, 3.8) is 0 Å². The average molecular weight is 244 g/mol. The molecule has 0 unspecified atom stereocenters. The lowest BCUT2D eigenvalue weighted by molar-refractivity contribution is 0.131. The summed E-state index contributed by atoms with van der Waals surface area (Å²) < 4.78 is 6.98. The van der Waals surface area contributed by atoms with Crippen LogP contribution in [0.3, 0.4) is 0 Å². The summed E-state index contributed by atoms with van der Waals surface area (Å²) in [6.45, 7) is 0.903. The van der Waals surface area contributed by atoms with Crippen LogP contribution in [-0.4, -0.2) is 15.8 Å². The highest BCUT2D eigenvalue weighted by Gasteiger charge is 2.24. The second-order valence-corrected chi connectivity index (χ2v) is 4.00. The summed E-state index contributed by atoms with van der Waals surface area (Å²) in [5.74, 6) is 0.584. The smallest absolute Gasteiger partial charge is 0.317 e. The van der Waals surface area contributed by atoms with Crippen molar-refractivity contribution in [2.75, 3.05) is 5.32 Å². The molecule has 2 heterocycles. The highest BCUT2D eigenvalue weighted by Crippen LogP contribution is 2.29. The van der Waals surface area contributed by atoms with Crippen LogP contribution >= 0.6 is 0 Å². The summed E-state index contributed by atoms with van der Waals surface area (Å²) in [6, 6.07) is 8.95. The molecule has 0 aliphatic carbocycles. The largest absolute Gasteiger partial charge is 0.370 e. The van der Waals surface area contributed by atoms with Gasteiger partial charge in [0.1, 0.15) is 5.82 Å². The Morgan fingerprint density at radius 3 is 2.83 bits per heavy atom. The van der Waals surface area contributed by atoms with E-state index in [0.717, 1.165) is 16.9 Å². The molecule has 0 atom stereocenters. The lowest BCUT2D eigenvalue weighted by atomic mass is 10.2.